The number of hydrogen-bond donors (Lipinski definition) is 2. The first kappa shape index (κ1) is 23.3. The summed E-state index contributed by atoms with van der Waals surface area (Å²) in [6.07, 6.45) is 0.157. The number of ether oxygens (including phenoxy) is 1. The number of nitrogens with one attached hydrogen (secondary N) is 2. The summed E-state index contributed by atoms with van der Waals surface area (Å²) in [7, 11) is 0. The SMILES string of the molecule is O=C(COc1ccc(N2CC(C(=O)NCc3ccc(Cl)cc3)CC2=O)cc1)Nc1ccccc1. The summed E-state index contributed by atoms with van der Waals surface area (Å²) in [6, 6.07) is 23.3. The molecule has 174 valence electrons. The fourth-order valence-electron chi connectivity index (χ4n) is 3.66. The third-order valence-electron chi connectivity index (χ3n) is 5.45. The van der Waals surface area contributed by atoms with E-state index in [1.54, 1.807) is 53.4 Å². The zero-order chi connectivity index (χ0) is 23.9. The van der Waals surface area contributed by atoms with Gasteiger partial charge >= 0.3 is 0 Å². The minimum absolute atomic E-state index is 0.109. The number of halogens is 1. The lowest BCUT2D eigenvalue weighted by atomic mass is 10.1. The van der Waals surface area contributed by atoms with Gasteiger partial charge in [-0.3, -0.25) is 14.4 Å². The van der Waals surface area contributed by atoms with Crippen molar-refractivity contribution in [3.05, 3.63) is 89.4 Å². The second kappa shape index (κ2) is 10.9. The average Bonchev–Trinajstić information content (AvgIpc) is 3.25. The van der Waals surface area contributed by atoms with Crippen molar-refractivity contribution in [1.29, 1.82) is 0 Å². The number of benzene rings is 3. The van der Waals surface area contributed by atoms with Crippen molar-refractivity contribution in [2.45, 2.75) is 13.0 Å². The highest BCUT2D eigenvalue weighted by Crippen LogP contribution is 2.27. The van der Waals surface area contributed by atoms with Crippen LogP contribution < -0.4 is 20.3 Å². The number of carbonyl (C=O) groups excluding carboxylic acids is 3. The number of rotatable bonds is 8. The van der Waals surface area contributed by atoms with E-state index in [-0.39, 0.29) is 30.7 Å². The normalized spacial score (nSPS) is 15.1. The first-order chi connectivity index (χ1) is 16.5. The maximum Gasteiger partial charge on any atom is 0.262 e. The predicted octanol–water partition coefficient (Wildman–Crippen LogP) is 4.03. The van der Waals surface area contributed by atoms with E-state index in [2.05, 4.69) is 10.6 Å². The van der Waals surface area contributed by atoms with Gasteiger partial charge in [-0.1, -0.05) is 41.9 Å². The number of amides is 3. The van der Waals surface area contributed by atoms with Crippen LogP contribution in [0.15, 0.2) is 78.9 Å². The Hall–Kier alpha value is -3.84. The molecule has 1 aliphatic heterocycles. The minimum atomic E-state index is -0.419. The molecule has 0 aromatic heterocycles. The van der Waals surface area contributed by atoms with Gasteiger partial charge in [-0.25, -0.2) is 0 Å². The Kier molecular flexibility index (Phi) is 7.44. The van der Waals surface area contributed by atoms with E-state index in [1.165, 1.54) is 0 Å². The van der Waals surface area contributed by atoms with E-state index < -0.39 is 5.92 Å². The Labute approximate surface area is 202 Å². The van der Waals surface area contributed by atoms with Gasteiger partial charge in [0.05, 0.1) is 5.92 Å². The quantitative estimate of drug-likeness (QED) is 0.513. The highest BCUT2D eigenvalue weighted by Gasteiger charge is 2.35. The molecule has 1 saturated heterocycles. The lowest BCUT2D eigenvalue weighted by Crippen LogP contribution is -2.32. The Balaban J connectivity index is 1.26. The van der Waals surface area contributed by atoms with Crippen LogP contribution in [0.1, 0.15) is 12.0 Å². The molecule has 0 saturated carbocycles. The van der Waals surface area contributed by atoms with E-state index in [4.69, 9.17) is 16.3 Å². The fraction of sp³-hybridized carbons (Fsp3) is 0.192. The summed E-state index contributed by atoms with van der Waals surface area (Å²) >= 11 is 5.88. The second-order valence-corrected chi connectivity index (χ2v) is 8.38. The van der Waals surface area contributed by atoms with Crippen LogP contribution in [0.3, 0.4) is 0 Å². The van der Waals surface area contributed by atoms with Crippen molar-refractivity contribution >= 4 is 40.7 Å². The Morgan fingerprint density at radius 3 is 2.38 bits per heavy atom. The monoisotopic (exact) mass is 477 g/mol. The second-order valence-electron chi connectivity index (χ2n) is 7.95. The van der Waals surface area contributed by atoms with E-state index in [1.807, 2.05) is 30.3 Å². The van der Waals surface area contributed by atoms with Gasteiger partial charge in [0, 0.05) is 35.9 Å². The van der Waals surface area contributed by atoms with Gasteiger partial charge in [0.15, 0.2) is 6.61 Å². The van der Waals surface area contributed by atoms with Crippen molar-refractivity contribution in [3.8, 4) is 5.75 Å². The van der Waals surface area contributed by atoms with Crippen LogP contribution in [0.4, 0.5) is 11.4 Å². The van der Waals surface area contributed by atoms with Crippen LogP contribution in [0.25, 0.3) is 0 Å². The molecule has 34 heavy (non-hydrogen) atoms. The molecule has 7 nitrogen and oxygen atoms in total. The summed E-state index contributed by atoms with van der Waals surface area (Å²) < 4.78 is 5.54. The van der Waals surface area contributed by atoms with Crippen LogP contribution in [0.2, 0.25) is 5.02 Å². The number of anilines is 2. The van der Waals surface area contributed by atoms with Gasteiger partial charge in [0.1, 0.15) is 5.75 Å². The zero-order valence-corrected chi connectivity index (χ0v) is 19.1. The van der Waals surface area contributed by atoms with E-state index in [0.29, 0.717) is 35.2 Å². The van der Waals surface area contributed by atoms with Crippen molar-refractivity contribution in [1.82, 2.24) is 5.32 Å². The molecule has 0 aliphatic carbocycles. The third kappa shape index (κ3) is 6.14. The topological polar surface area (TPSA) is 87.7 Å². The Bertz CT molecular complexity index is 1150. The first-order valence-electron chi connectivity index (χ1n) is 10.9. The molecule has 4 rings (SSSR count). The molecule has 1 unspecified atom stereocenters. The smallest absolute Gasteiger partial charge is 0.262 e. The molecular formula is C26H24ClN3O4. The van der Waals surface area contributed by atoms with Crippen molar-refractivity contribution in [2.75, 3.05) is 23.4 Å². The van der Waals surface area contributed by atoms with Crippen molar-refractivity contribution in [2.24, 2.45) is 5.92 Å². The summed E-state index contributed by atoms with van der Waals surface area (Å²) in [5.41, 5.74) is 2.32. The van der Waals surface area contributed by atoms with Gasteiger partial charge in [-0.15, -0.1) is 0 Å². The van der Waals surface area contributed by atoms with Crippen LogP contribution in [-0.4, -0.2) is 30.9 Å². The summed E-state index contributed by atoms with van der Waals surface area (Å²) in [4.78, 5) is 38.7. The maximum absolute atomic E-state index is 12.6. The Morgan fingerprint density at radius 1 is 0.971 bits per heavy atom. The number of hydrogen-bond acceptors (Lipinski definition) is 4. The number of carbonyl (C=O) groups is 3. The van der Waals surface area contributed by atoms with Crippen LogP contribution in [-0.2, 0) is 20.9 Å². The number of nitrogens with zero attached hydrogens (tertiary/aromatic N) is 1. The van der Waals surface area contributed by atoms with Crippen LogP contribution in [0.5, 0.6) is 5.75 Å². The van der Waals surface area contributed by atoms with Crippen molar-refractivity contribution in [3.63, 3.8) is 0 Å². The minimum Gasteiger partial charge on any atom is -0.484 e. The standard InChI is InChI=1S/C26H24ClN3O4/c27-20-8-6-18(7-9-20)15-28-26(33)19-14-25(32)30(16-19)22-10-12-23(13-11-22)34-17-24(31)29-21-4-2-1-3-5-21/h1-13,19H,14-17H2,(H,28,33)(H,29,31). The van der Waals surface area contributed by atoms with Gasteiger partial charge in [-0.05, 0) is 54.1 Å². The highest BCUT2D eigenvalue weighted by atomic mass is 35.5. The molecule has 0 spiro atoms. The summed E-state index contributed by atoms with van der Waals surface area (Å²) in [6.45, 7) is 0.558. The zero-order valence-electron chi connectivity index (χ0n) is 18.4. The molecule has 1 atom stereocenters. The maximum atomic E-state index is 12.6. The van der Waals surface area contributed by atoms with Gasteiger partial charge < -0.3 is 20.3 Å². The predicted molar refractivity (Wildman–Crippen MR) is 131 cm³/mol. The van der Waals surface area contributed by atoms with E-state index >= 15 is 0 Å². The third-order valence-corrected chi connectivity index (χ3v) is 5.70. The molecule has 8 heteroatoms. The molecule has 3 amide bonds. The Morgan fingerprint density at radius 2 is 1.68 bits per heavy atom. The van der Waals surface area contributed by atoms with Gasteiger partial charge in [0.2, 0.25) is 11.8 Å². The molecule has 3 aromatic rings. The van der Waals surface area contributed by atoms with E-state index in [0.717, 1.165) is 5.56 Å². The summed E-state index contributed by atoms with van der Waals surface area (Å²) in [5.74, 6) is -0.441. The molecule has 2 N–H and O–H groups in total. The molecule has 1 fully saturated rings. The van der Waals surface area contributed by atoms with Crippen molar-refractivity contribution < 1.29 is 19.1 Å². The van der Waals surface area contributed by atoms with Gasteiger partial charge in [0.25, 0.3) is 5.91 Å². The fourth-order valence-corrected chi connectivity index (χ4v) is 3.78. The highest BCUT2D eigenvalue weighted by molar-refractivity contribution is 6.30. The summed E-state index contributed by atoms with van der Waals surface area (Å²) in [5, 5.41) is 6.28. The van der Waals surface area contributed by atoms with Crippen LogP contribution in [0, 0.1) is 5.92 Å². The lowest BCUT2D eigenvalue weighted by molar-refractivity contribution is -0.126. The lowest BCUT2D eigenvalue weighted by Gasteiger charge is -2.17. The molecule has 3 aromatic carbocycles. The molecular weight excluding hydrogens is 454 g/mol. The van der Waals surface area contributed by atoms with Gasteiger partial charge in [-0.2, -0.15) is 0 Å². The first-order valence-corrected chi connectivity index (χ1v) is 11.3. The molecule has 0 bridgehead atoms. The van der Waals surface area contributed by atoms with Crippen LogP contribution >= 0.6 is 11.6 Å². The largest absolute Gasteiger partial charge is 0.484 e. The molecule has 0 radical (unpaired) electrons. The number of para-hydroxylation sites is 1. The average molecular weight is 478 g/mol. The van der Waals surface area contributed by atoms with E-state index in [9.17, 15) is 14.4 Å². The molecule has 1 heterocycles. The molecule has 1 aliphatic rings.